The number of carbonyl (C=O) groups is 2. The highest BCUT2D eigenvalue weighted by molar-refractivity contribution is 6.05. The maximum atomic E-state index is 14.9. The van der Waals surface area contributed by atoms with E-state index in [0.29, 0.717) is 35.5 Å². The second-order valence-electron chi connectivity index (χ2n) is 18.2. The minimum absolute atomic E-state index is 0.0860. The lowest BCUT2D eigenvalue weighted by Gasteiger charge is -2.75. The fraction of sp³-hybridized carbons (Fsp3) is 0.810. The van der Waals surface area contributed by atoms with Crippen LogP contribution in [-0.2, 0) is 16.0 Å². The van der Waals surface area contributed by atoms with Gasteiger partial charge >= 0.3 is 0 Å². The van der Waals surface area contributed by atoms with Gasteiger partial charge in [0.15, 0.2) is 0 Å². The predicted octanol–water partition coefficient (Wildman–Crippen LogP) is 10.7. The number of fused-ring (bicyclic) bond motifs is 3. The maximum Gasteiger partial charge on any atom is 0.150 e. The summed E-state index contributed by atoms with van der Waals surface area (Å²) in [6.45, 7) is 31.0. The number of rotatable bonds is 6. The van der Waals surface area contributed by atoms with E-state index in [1.165, 1.54) is 36.0 Å². The molecule has 0 spiro atoms. The van der Waals surface area contributed by atoms with Crippen LogP contribution in [0.1, 0.15) is 138 Å². The lowest BCUT2D eigenvalue weighted by atomic mass is 9.28. The van der Waals surface area contributed by atoms with E-state index in [2.05, 4.69) is 101 Å². The number of benzene rings is 1. The third-order valence-electron chi connectivity index (χ3n) is 15.7. The molecule has 1 aromatic rings. The largest absolute Gasteiger partial charge is 0.299 e. The fourth-order valence-electron chi connectivity index (χ4n) is 13.6. The third kappa shape index (κ3) is 4.75. The molecule has 0 aliphatic heterocycles. The van der Waals surface area contributed by atoms with Crippen molar-refractivity contribution in [2.24, 2.45) is 81.3 Å². The molecular weight excluding hydrogens is 536 g/mol. The molecule has 0 N–H and O–H groups in total. The van der Waals surface area contributed by atoms with E-state index in [1.54, 1.807) is 6.92 Å². The molecule has 0 heterocycles. The lowest BCUT2D eigenvalue weighted by Crippen LogP contribution is -2.73. The Kier molecular flexibility index (Phi) is 8.99. The number of carbonyl (C=O) groups excluding carboxylic acids is 2. The Bertz CT molecular complexity index is 1260. The van der Waals surface area contributed by atoms with Gasteiger partial charge in [0.1, 0.15) is 11.6 Å². The number of ketones is 2. The van der Waals surface area contributed by atoms with Crippen molar-refractivity contribution in [2.45, 2.75) is 134 Å². The molecule has 0 bridgehead atoms. The summed E-state index contributed by atoms with van der Waals surface area (Å²) in [5.74, 6) is 5.76. The highest BCUT2D eigenvalue weighted by Gasteiger charge is 2.74. The molecule has 0 amide bonds. The average molecular weight is 603 g/mol. The highest BCUT2D eigenvalue weighted by Crippen LogP contribution is 2.76. The summed E-state index contributed by atoms with van der Waals surface area (Å²) in [7, 11) is 0. The predicted molar refractivity (Wildman–Crippen MR) is 184 cm³/mol. The molecule has 4 aliphatic carbocycles. The SMILES string of the molecule is CC(=O)C1C(=O)C2(C)C(C)C3C(C)C4C(C)CCCC4C(C)C3(C)C(CC(C)Cc3ccc(C)cc3C(C)C)C2(C)CC1C. The third-order valence-corrected chi connectivity index (χ3v) is 15.7. The van der Waals surface area contributed by atoms with Gasteiger partial charge in [0, 0.05) is 5.41 Å². The fourth-order valence-corrected chi connectivity index (χ4v) is 13.6. The van der Waals surface area contributed by atoms with Crippen LogP contribution >= 0.6 is 0 Å². The van der Waals surface area contributed by atoms with Crippen molar-refractivity contribution >= 4 is 11.6 Å². The molecule has 2 nitrogen and oxygen atoms in total. The van der Waals surface area contributed by atoms with Gasteiger partial charge < -0.3 is 0 Å². The summed E-state index contributed by atoms with van der Waals surface area (Å²) in [5.41, 5.74) is 3.89. The van der Waals surface area contributed by atoms with Crippen LogP contribution < -0.4 is 0 Å². The molecule has 5 rings (SSSR count). The van der Waals surface area contributed by atoms with Crippen molar-refractivity contribution in [1.29, 1.82) is 0 Å². The minimum Gasteiger partial charge on any atom is -0.299 e. The zero-order valence-electron chi connectivity index (χ0n) is 30.7. The van der Waals surface area contributed by atoms with Crippen LogP contribution in [0.5, 0.6) is 0 Å². The standard InChI is InChI=1S/C42H66O2/c1-23(2)34-20-24(3)17-18-32(34)19-25(4)21-35-40(11)22-27(6)37(31(10)43)39(44)42(40,13)30(9)38-28(7)36-26(5)15-14-16-33(36)29(8)41(35,38)12/h17-18,20,23,25-30,33,35-38H,14-16,19,21-22H2,1-13H3. The Labute approximate surface area is 271 Å². The van der Waals surface area contributed by atoms with Gasteiger partial charge in [0.25, 0.3) is 0 Å². The number of Topliss-reactive ketones (excluding diaryl/α,β-unsaturated/α-hetero) is 2. The van der Waals surface area contributed by atoms with Crippen molar-refractivity contribution in [3.8, 4) is 0 Å². The molecule has 4 aliphatic rings. The topological polar surface area (TPSA) is 34.1 Å². The van der Waals surface area contributed by atoms with Gasteiger partial charge in [-0.2, -0.15) is 0 Å². The van der Waals surface area contributed by atoms with Gasteiger partial charge in [-0.15, -0.1) is 0 Å². The van der Waals surface area contributed by atoms with E-state index < -0.39 is 11.3 Å². The molecule has 0 radical (unpaired) electrons. The summed E-state index contributed by atoms with van der Waals surface area (Å²) in [6.07, 6.45) is 7.33. The van der Waals surface area contributed by atoms with E-state index in [-0.39, 0.29) is 34.2 Å². The summed E-state index contributed by atoms with van der Waals surface area (Å²) in [6, 6.07) is 7.09. The first-order valence-corrected chi connectivity index (χ1v) is 18.6. The molecule has 0 aromatic heterocycles. The van der Waals surface area contributed by atoms with Gasteiger partial charge in [0.2, 0.25) is 0 Å². The van der Waals surface area contributed by atoms with Crippen LogP contribution in [0.25, 0.3) is 0 Å². The van der Waals surface area contributed by atoms with Gasteiger partial charge in [0.05, 0.1) is 5.92 Å². The highest BCUT2D eigenvalue weighted by atomic mass is 16.2. The van der Waals surface area contributed by atoms with Crippen LogP contribution in [-0.4, -0.2) is 11.6 Å². The molecule has 4 fully saturated rings. The molecule has 14 atom stereocenters. The molecule has 0 saturated heterocycles. The molecule has 1 aromatic carbocycles. The molecular formula is C42H66O2. The quantitative estimate of drug-likeness (QED) is 0.304. The minimum atomic E-state index is -0.490. The van der Waals surface area contributed by atoms with Crippen molar-refractivity contribution in [3.63, 3.8) is 0 Å². The molecule has 44 heavy (non-hydrogen) atoms. The van der Waals surface area contributed by atoms with Crippen LogP contribution in [0, 0.1) is 88.3 Å². The summed E-state index contributed by atoms with van der Waals surface area (Å²) >= 11 is 0. The zero-order valence-corrected chi connectivity index (χ0v) is 30.7. The van der Waals surface area contributed by atoms with Crippen LogP contribution in [0.2, 0.25) is 0 Å². The first-order valence-electron chi connectivity index (χ1n) is 18.6. The van der Waals surface area contributed by atoms with E-state index in [9.17, 15) is 9.59 Å². The molecule has 2 heteroatoms. The molecule has 14 unspecified atom stereocenters. The van der Waals surface area contributed by atoms with Gasteiger partial charge in [-0.25, -0.2) is 0 Å². The molecule has 246 valence electrons. The van der Waals surface area contributed by atoms with Crippen LogP contribution in [0.3, 0.4) is 0 Å². The van der Waals surface area contributed by atoms with E-state index in [4.69, 9.17) is 0 Å². The summed E-state index contributed by atoms with van der Waals surface area (Å²) in [5, 5.41) is 0. The Morgan fingerprint density at radius 2 is 1.61 bits per heavy atom. The summed E-state index contributed by atoms with van der Waals surface area (Å²) < 4.78 is 0. The Balaban J connectivity index is 1.65. The number of hydrogen-bond donors (Lipinski definition) is 0. The van der Waals surface area contributed by atoms with Gasteiger partial charge in [-0.05, 0) is 127 Å². The van der Waals surface area contributed by atoms with Crippen molar-refractivity contribution in [1.82, 2.24) is 0 Å². The van der Waals surface area contributed by atoms with Crippen molar-refractivity contribution < 1.29 is 9.59 Å². The van der Waals surface area contributed by atoms with Gasteiger partial charge in [-0.1, -0.05) is 113 Å². The van der Waals surface area contributed by atoms with E-state index in [1.807, 2.05) is 0 Å². The first kappa shape index (κ1) is 33.9. The number of aryl methyl sites for hydroxylation is 1. The maximum absolute atomic E-state index is 14.9. The second kappa shape index (κ2) is 11.7. The van der Waals surface area contributed by atoms with Gasteiger partial charge in [-0.3, -0.25) is 9.59 Å². The van der Waals surface area contributed by atoms with Crippen molar-refractivity contribution in [3.05, 3.63) is 34.9 Å². The number of hydrogen-bond acceptors (Lipinski definition) is 2. The molecule has 4 saturated carbocycles. The monoisotopic (exact) mass is 603 g/mol. The van der Waals surface area contributed by atoms with Crippen molar-refractivity contribution in [2.75, 3.05) is 0 Å². The van der Waals surface area contributed by atoms with E-state index >= 15 is 0 Å². The normalized spacial score (nSPS) is 46.2. The lowest BCUT2D eigenvalue weighted by molar-refractivity contribution is -0.266. The summed E-state index contributed by atoms with van der Waals surface area (Å²) in [4.78, 5) is 28.0. The second-order valence-corrected chi connectivity index (χ2v) is 18.2. The van der Waals surface area contributed by atoms with Crippen LogP contribution in [0.4, 0.5) is 0 Å². The van der Waals surface area contributed by atoms with E-state index in [0.717, 1.165) is 37.0 Å². The Hall–Kier alpha value is -1.44. The smallest absolute Gasteiger partial charge is 0.150 e. The average Bonchev–Trinajstić information content (AvgIpc) is 2.93. The zero-order chi connectivity index (χ0) is 32.7. The Morgan fingerprint density at radius 1 is 0.955 bits per heavy atom. The van der Waals surface area contributed by atoms with Crippen LogP contribution in [0.15, 0.2) is 18.2 Å². The Morgan fingerprint density at radius 3 is 2.23 bits per heavy atom. The first-order chi connectivity index (χ1) is 20.4.